The van der Waals surface area contributed by atoms with E-state index >= 15 is 0 Å². The van der Waals surface area contributed by atoms with Gasteiger partial charge in [0.25, 0.3) is 0 Å². The van der Waals surface area contributed by atoms with Crippen LogP contribution in [0.15, 0.2) is 72.8 Å². The molecule has 0 unspecified atom stereocenters. The minimum Gasteiger partial charge on any atom is -0.494 e. The van der Waals surface area contributed by atoms with Gasteiger partial charge < -0.3 is 9.47 Å². The number of methoxy groups -OCH3 is 1. The first-order valence-electron chi connectivity index (χ1n) is 9.70. The number of ether oxygens (including phenoxy) is 2. The molecular weight excluding hydrogens is 398 g/mol. The highest BCUT2D eigenvalue weighted by atomic mass is 19.1. The van der Waals surface area contributed by atoms with Crippen molar-refractivity contribution in [3.8, 4) is 34.0 Å². The van der Waals surface area contributed by atoms with E-state index in [-0.39, 0.29) is 18.2 Å². The van der Waals surface area contributed by atoms with Crippen LogP contribution in [0.5, 0.6) is 11.5 Å². The van der Waals surface area contributed by atoms with Gasteiger partial charge in [-0.25, -0.2) is 18.7 Å². The third kappa shape index (κ3) is 4.69. The van der Waals surface area contributed by atoms with Crippen LogP contribution in [0.3, 0.4) is 0 Å². The summed E-state index contributed by atoms with van der Waals surface area (Å²) in [6.45, 7) is 2.08. The molecule has 0 N–H and O–H groups in total. The number of nitrogens with zero attached hydrogens (tertiary/aromatic N) is 2. The van der Waals surface area contributed by atoms with Gasteiger partial charge in [0.2, 0.25) is 0 Å². The van der Waals surface area contributed by atoms with Crippen LogP contribution in [0, 0.1) is 18.6 Å². The maximum absolute atomic E-state index is 13.3. The number of aromatic nitrogens is 2. The Morgan fingerprint density at radius 1 is 0.677 bits per heavy atom. The molecule has 0 bridgehead atoms. The SMILES string of the molecule is COc1ccc(COc2ccc(C)nc2-c2ccc(F)cc2)nc1-c1ccc(F)cc1. The van der Waals surface area contributed by atoms with Gasteiger partial charge in [-0.05, 0) is 79.7 Å². The molecule has 0 amide bonds. The van der Waals surface area contributed by atoms with Crippen molar-refractivity contribution in [2.24, 2.45) is 0 Å². The van der Waals surface area contributed by atoms with Gasteiger partial charge in [-0.1, -0.05) is 0 Å². The zero-order valence-corrected chi connectivity index (χ0v) is 17.1. The number of aryl methyl sites for hydroxylation is 1. The Bertz CT molecular complexity index is 1190. The lowest BCUT2D eigenvalue weighted by molar-refractivity contribution is 0.301. The first-order chi connectivity index (χ1) is 15.0. The molecule has 156 valence electrons. The standard InChI is InChI=1S/C25H20F2N2O2/c1-16-3-13-23(25(28-16)18-6-10-20(27)11-7-18)31-15-21-12-14-22(30-2)24(29-21)17-4-8-19(26)9-5-17/h3-14H,15H2,1-2H3. The van der Waals surface area contributed by atoms with E-state index < -0.39 is 0 Å². The lowest BCUT2D eigenvalue weighted by Crippen LogP contribution is -2.03. The van der Waals surface area contributed by atoms with Crippen molar-refractivity contribution >= 4 is 0 Å². The summed E-state index contributed by atoms with van der Waals surface area (Å²) >= 11 is 0. The summed E-state index contributed by atoms with van der Waals surface area (Å²) in [6, 6.07) is 19.5. The maximum Gasteiger partial charge on any atom is 0.146 e. The number of benzene rings is 2. The molecule has 0 saturated heterocycles. The Kier molecular flexibility index (Phi) is 5.89. The Hall–Kier alpha value is -3.80. The van der Waals surface area contributed by atoms with E-state index in [9.17, 15) is 8.78 Å². The molecular formula is C25H20F2N2O2. The van der Waals surface area contributed by atoms with E-state index in [1.807, 2.05) is 25.1 Å². The number of rotatable bonds is 6. The van der Waals surface area contributed by atoms with Gasteiger partial charge in [-0.15, -0.1) is 0 Å². The second kappa shape index (κ2) is 8.92. The quantitative estimate of drug-likeness (QED) is 0.386. The second-order valence-corrected chi connectivity index (χ2v) is 6.96. The highest BCUT2D eigenvalue weighted by Gasteiger charge is 2.13. The van der Waals surface area contributed by atoms with Gasteiger partial charge in [0, 0.05) is 16.8 Å². The van der Waals surface area contributed by atoms with Crippen LogP contribution in [0.4, 0.5) is 8.78 Å². The highest BCUT2D eigenvalue weighted by molar-refractivity contribution is 5.67. The van der Waals surface area contributed by atoms with E-state index in [0.717, 1.165) is 16.8 Å². The molecule has 2 aromatic heterocycles. The van der Waals surface area contributed by atoms with Crippen LogP contribution in [-0.2, 0) is 6.61 Å². The molecule has 4 rings (SSSR count). The largest absolute Gasteiger partial charge is 0.494 e. The Balaban J connectivity index is 1.62. The first-order valence-corrected chi connectivity index (χ1v) is 9.70. The van der Waals surface area contributed by atoms with Crippen molar-refractivity contribution < 1.29 is 18.3 Å². The monoisotopic (exact) mass is 418 g/mol. The Labute approximate surface area is 179 Å². The minimum absolute atomic E-state index is 0.192. The maximum atomic E-state index is 13.3. The van der Waals surface area contributed by atoms with Gasteiger partial charge in [-0.3, -0.25) is 0 Å². The topological polar surface area (TPSA) is 44.2 Å². The molecule has 0 atom stereocenters. The summed E-state index contributed by atoms with van der Waals surface area (Å²) < 4.78 is 38.1. The van der Waals surface area contributed by atoms with E-state index in [1.54, 1.807) is 37.4 Å². The third-order valence-electron chi connectivity index (χ3n) is 4.74. The highest BCUT2D eigenvalue weighted by Crippen LogP contribution is 2.31. The summed E-state index contributed by atoms with van der Waals surface area (Å²) in [4.78, 5) is 9.21. The molecule has 0 saturated carbocycles. The zero-order chi connectivity index (χ0) is 21.8. The lowest BCUT2D eigenvalue weighted by Gasteiger charge is -2.13. The van der Waals surface area contributed by atoms with Crippen LogP contribution in [0.2, 0.25) is 0 Å². The van der Waals surface area contributed by atoms with E-state index in [2.05, 4.69) is 9.97 Å². The molecule has 2 aromatic carbocycles. The van der Waals surface area contributed by atoms with Crippen molar-refractivity contribution in [1.82, 2.24) is 9.97 Å². The normalized spacial score (nSPS) is 10.7. The van der Waals surface area contributed by atoms with Gasteiger partial charge in [0.15, 0.2) is 0 Å². The van der Waals surface area contributed by atoms with Crippen LogP contribution in [-0.4, -0.2) is 17.1 Å². The molecule has 0 aliphatic rings. The van der Waals surface area contributed by atoms with Crippen LogP contribution in [0.25, 0.3) is 22.5 Å². The fourth-order valence-electron chi connectivity index (χ4n) is 3.17. The van der Waals surface area contributed by atoms with Crippen LogP contribution in [0.1, 0.15) is 11.4 Å². The summed E-state index contributed by atoms with van der Waals surface area (Å²) in [7, 11) is 1.56. The van der Waals surface area contributed by atoms with Crippen molar-refractivity contribution in [3.63, 3.8) is 0 Å². The predicted octanol–water partition coefficient (Wildman–Crippen LogP) is 5.98. The molecule has 0 spiro atoms. The molecule has 4 nitrogen and oxygen atoms in total. The van der Waals surface area contributed by atoms with Crippen LogP contribution < -0.4 is 9.47 Å². The molecule has 0 radical (unpaired) electrons. The fourth-order valence-corrected chi connectivity index (χ4v) is 3.17. The molecule has 0 aliphatic heterocycles. The molecule has 0 aliphatic carbocycles. The first kappa shape index (κ1) is 20.5. The van der Waals surface area contributed by atoms with Crippen molar-refractivity contribution in [1.29, 1.82) is 0 Å². The Morgan fingerprint density at radius 2 is 1.23 bits per heavy atom. The third-order valence-corrected chi connectivity index (χ3v) is 4.74. The van der Waals surface area contributed by atoms with Gasteiger partial charge in [0.1, 0.15) is 41.1 Å². The molecule has 31 heavy (non-hydrogen) atoms. The number of hydrogen-bond acceptors (Lipinski definition) is 4. The van der Waals surface area contributed by atoms with E-state index in [0.29, 0.717) is 28.6 Å². The average molecular weight is 418 g/mol. The van der Waals surface area contributed by atoms with Crippen molar-refractivity contribution in [3.05, 3.63) is 95.8 Å². The van der Waals surface area contributed by atoms with E-state index in [4.69, 9.17) is 9.47 Å². The number of pyridine rings is 2. The van der Waals surface area contributed by atoms with Crippen molar-refractivity contribution in [2.45, 2.75) is 13.5 Å². The van der Waals surface area contributed by atoms with Crippen LogP contribution >= 0.6 is 0 Å². The van der Waals surface area contributed by atoms with Gasteiger partial charge in [-0.2, -0.15) is 0 Å². The average Bonchev–Trinajstić information content (AvgIpc) is 2.79. The van der Waals surface area contributed by atoms with E-state index in [1.165, 1.54) is 24.3 Å². The molecule has 6 heteroatoms. The second-order valence-electron chi connectivity index (χ2n) is 6.96. The van der Waals surface area contributed by atoms with Crippen molar-refractivity contribution in [2.75, 3.05) is 7.11 Å². The summed E-state index contributed by atoms with van der Waals surface area (Å²) in [5.41, 5.74) is 4.23. The number of hydrogen-bond donors (Lipinski definition) is 0. The van der Waals surface area contributed by atoms with Gasteiger partial charge in [0.05, 0.1) is 12.8 Å². The number of halogens is 2. The molecule has 4 aromatic rings. The zero-order valence-electron chi connectivity index (χ0n) is 17.1. The molecule has 0 fully saturated rings. The fraction of sp³-hybridized carbons (Fsp3) is 0.120. The summed E-state index contributed by atoms with van der Waals surface area (Å²) in [5, 5.41) is 0. The Morgan fingerprint density at radius 3 is 1.81 bits per heavy atom. The smallest absolute Gasteiger partial charge is 0.146 e. The summed E-state index contributed by atoms with van der Waals surface area (Å²) in [5.74, 6) is 0.523. The minimum atomic E-state index is -0.317. The van der Waals surface area contributed by atoms with Gasteiger partial charge >= 0.3 is 0 Å². The summed E-state index contributed by atoms with van der Waals surface area (Å²) in [6.07, 6.45) is 0. The lowest BCUT2D eigenvalue weighted by atomic mass is 10.1. The predicted molar refractivity (Wildman–Crippen MR) is 115 cm³/mol. The molecule has 2 heterocycles.